The summed E-state index contributed by atoms with van der Waals surface area (Å²) in [5, 5.41) is 9.39. The van der Waals surface area contributed by atoms with Crippen molar-refractivity contribution in [3.63, 3.8) is 0 Å². The van der Waals surface area contributed by atoms with E-state index >= 15 is 0 Å². The lowest BCUT2D eigenvalue weighted by Crippen LogP contribution is -2.00. The van der Waals surface area contributed by atoms with Crippen LogP contribution in [0.4, 0.5) is 0 Å². The Kier molecular flexibility index (Phi) is 8.36. The average molecular weight is 792 g/mol. The van der Waals surface area contributed by atoms with Crippen molar-refractivity contribution in [1.82, 2.24) is 15.0 Å². The van der Waals surface area contributed by atoms with Crippen molar-refractivity contribution in [2.45, 2.75) is 6.92 Å². The Morgan fingerprint density at radius 2 is 0.742 bits per heavy atom. The Morgan fingerprint density at radius 1 is 0.290 bits per heavy atom. The van der Waals surface area contributed by atoms with E-state index in [0.717, 1.165) is 66.3 Å². The smallest absolute Gasteiger partial charge is 0.164 e. The van der Waals surface area contributed by atoms with E-state index in [-0.39, 0.29) is 0 Å². The molecule has 0 amide bonds. The zero-order valence-corrected chi connectivity index (χ0v) is 33.9. The molecular formula is C58H37N3O. The normalized spacial score (nSPS) is 11.6. The highest BCUT2D eigenvalue weighted by molar-refractivity contribution is 6.25. The highest BCUT2D eigenvalue weighted by Gasteiger charge is 2.18. The molecule has 62 heavy (non-hydrogen) atoms. The standard InChI is InChI=1S/C58H37N3O/c1-36-21-23-39(24-22-36)41-13-9-14-42(33-41)56-59-57(43-29-31-50-48-17-6-5-15-46(48)47-16-7-8-18-49(47)52(50)34-43)61-58(60-56)44-30-32-51-54(35-44)62-53-20-10-19-45(55(51)53)40-27-25-38(26-28-40)37-11-3-2-4-12-37/h2-35H,1H3. The summed E-state index contributed by atoms with van der Waals surface area (Å²) < 4.78 is 6.63. The molecule has 2 aromatic heterocycles. The van der Waals surface area contributed by atoms with Crippen LogP contribution < -0.4 is 0 Å². The molecule has 12 aromatic rings. The van der Waals surface area contributed by atoms with E-state index in [1.54, 1.807) is 0 Å². The molecule has 0 saturated carbocycles. The van der Waals surface area contributed by atoms with Gasteiger partial charge >= 0.3 is 0 Å². The molecule has 0 aliphatic heterocycles. The minimum atomic E-state index is 0.577. The van der Waals surface area contributed by atoms with Crippen LogP contribution in [0.1, 0.15) is 5.56 Å². The number of furan rings is 1. The van der Waals surface area contributed by atoms with Crippen LogP contribution in [0.3, 0.4) is 0 Å². The summed E-state index contributed by atoms with van der Waals surface area (Å²) in [5.41, 5.74) is 12.4. The van der Waals surface area contributed by atoms with Gasteiger partial charge in [-0.05, 0) is 103 Å². The predicted molar refractivity (Wildman–Crippen MR) is 257 cm³/mol. The Labute approximate surface area is 358 Å². The van der Waals surface area contributed by atoms with Gasteiger partial charge in [-0.25, -0.2) is 15.0 Å². The van der Waals surface area contributed by atoms with Gasteiger partial charge in [-0.15, -0.1) is 0 Å². The molecule has 12 rings (SSSR count). The Bertz CT molecular complexity index is 3650. The number of hydrogen-bond acceptors (Lipinski definition) is 4. The lowest BCUT2D eigenvalue weighted by Gasteiger charge is -2.13. The lowest BCUT2D eigenvalue weighted by molar-refractivity contribution is 0.669. The van der Waals surface area contributed by atoms with Crippen LogP contribution in [0.25, 0.3) is 122 Å². The van der Waals surface area contributed by atoms with Crippen LogP contribution in [-0.4, -0.2) is 15.0 Å². The van der Waals surface area contributed by atoms with E-state index in [2.05, 4.69) is 201 Å². The monoisotopic (exact) mass is 791 g/mol. The first kappa shape index (κ1) is 35.7. The molecule has 0 N–H and O–H groups in total. The van der Waals surface area contributed by atoms with E-state index in [4.69, 9.17) is 19.4 Å². The fourth-order valence-electron chi connectivity index (χ4n) is 9.07. The second kappa shape index (κ2) is 14.5. The van der Waals surface area contributed by atoms with Gasteiger partial charge in [0.05, 0.1) is 0 Å². The topological polar surface area (TPSA) is 51.8 Å². The number of hydrogen-bond donors (Lipinski definition) is 0. The minimum Gasteiger partial charge on any atom is -0.456 e. The summed E-state index contributed by atoms with van der Waals surface area (Å²) in [5.74, 6) is 1.79. The van der Waals surface area contributed by atoms with Crippen LogP contribution in [0.5, 0.6) is 0 Å². The number of nitrogens with zero attached hydrogens (tertiary/aromatic N) is 3. The summed E-state index contributed by atoms with van der Waals surface area (Å²) in [7, 11) is 0. The van der Waals surface area contributed by atoms with E-state index in [1.807, 2.05) is 12.1 Å². The second-order valence-electron chi connectivity index (χ2n) is 16.0. The van der Waals surface area contributed by atoms with Gasteiger partial charge in [0.15, 0.2) is 17.5 Å². The predicted octanol–water partition coefficient (Wildman–Crippen LogP) is 15.5. The lowest BCUT2D eigenvalue weighted by atomic mass is 9.93. The fourth-order valence-corrected chi connectivity index (χ4v) is 9.07. The van der Waals surface area contributed by atoms with Gasteiger partial charge in [-0.1, -0.05) is 181 Å². The van der Waals surface area contributed by atoms with E-state index in [1.165, 1.54) is 43.6 Å². The third-order valence-corrected chi connectivity index (χ3v) is 12.2. The first-order chi connectivity index (χ1) is 30.6. The molecule has 0 fully saturated rings. The van der Waals surface area contributed by atoms with Gasteiger partial charge in [-0.3, -0.25) is 0 Å². The number of benzene rings is 10. The zero-order chi connectivity index (χ0) is 41.1. The van der Waals surface area contributed by atoms with Gasteiger partial charge < -0.3 is 4.42 Å². The minimum absolute atomic E-state index is 0.577. The van der Waals surface area contributed by atoms with Gasteiger partial charge in [-0.2, -0.15) is 0 Å². The van der Waals surface area contributed by atoms with Gasteiger partial charge in [0.1, 0.15) is 11.2 Å². The van der Waals surface area contributed by atoms with Crippen LogP contribution in [0.2, 0.25) is 0 Å². The number of aromatic nitrogens is 3. The average Bonchev–Trinajstić information content (AvgIpc) is 3.73. The van der Waals surface area contributed by atoms with E-state index in [9.17, 15) is 0 Å². The highest BCUT2D eigenvalue weighted by atomic mass is 16.3. The largest absolute Gasteiger partial charge is 0.456 e. The van der Waals surface area contributed by atoms with Gasteiger partial charge in [0, 0.05) is 27.5 Å². The summed E-state index contributed by atoms with van der Waals surface area (Å²) in [6.45, 7) is 2.11. The fraction of sp³-hybridized carbons (Fsp3) is 0.0172. The first-order valence-electron chi connectivity index (χ1n) is 21.0. The number of aryl methyl sites for hydroxylation is 1. The molecule has 0 aliphatic carbocycles. The molecule has 0 saturated heterocycles. The second-order valence-corrected chi connectivity index (χ2v) is 16.0. The maximum atomic E-state index is 6.63. The van der Waals surface area contributed by atoms with Crippen molar-refractivity contribution in [2.24, 2.45) is 0 Å². The Balaban J connectivity index is 1.01. The van der Waals surface area contributed by atoms with Gasteiger partial charge in [0.25, 0.3) is 0 Å². The summed E-state index contributed by atoms with van der Waals surface area (Å²) >= 11 is 0. The molecule has 0 atom stereocenters. The molecule has 2 heterocycles. The van der Waals surface area contributed by atoms with Crippen molar-refractivity contribution < 1.29 is 4.42 Å². The molecule has 0 radical (unpaired) electrons. The molecule has 0 aliphatic rings. The molecular weight excluding hydrogens is 755 g/mol. The van der Waals surface area contributed by atoms with Crippen molar-refractivity contribution >= 4 is 54.3 Å². The van der Waals surface area contributed by atoms with Crippen LogP contribution >= 0.6 is 0 Å². The number of rotatable bonds is 6. The molecule has 4 heteroatoms. The van der Waals surface area contributed by atoms with Gasteiger partial charge in [0.2, 0.25) is 0 Å². The quantitative estimate of drug-likeness (QED) is 0.157. The molecule has 290 valence electrons. The van der Waals surface area contributed by atoms with Crippen LogP contribution in [0.15, 0.2) is 211 Å². The third-order valence-electron chi connectivity index (χ3n) is 12.2. The summed E-state index contributed by atoms with van der Waals surface area (Å²) in [6, 6.07) is 72.9. The molecule has 0 spiro atoms. The Hall–Kier alpha value is -8.21. The maximum Gasteiger partial charge on any atom is 0.164 e. The van der Waals surface area contributed by atoms with Crippen LogP contribution in [0, 0.1) is 6.92 Å². The molecule has 4 nitrogen and oxygen atoms in total. The first-order valence-corrected chi connectivity index (χ1v) is 21.0. The molecule has 0 bridgehead atoms. The third kappa shape index (κ3) is 6.12. The zero-order valence-electron chi connectivity index (χ0n) is 33.9. The molecule has 10 aromatic carbocycles. The van der Waals surface area contributed by atoms with Crippen LogP contribution in [-0.2, 0) is 0 Å². The van der Waals surface area contributed by atoms with E-state index in [0.29, 0.717) is 17.5 Å². The van der Waals surface area contributed by atoms with E-state index < -0.39 is 0 Å². The molecule has 0 unspecified atom stereocenters. The maximum absolute atomic E-state index is 6.63. The summed E-state index contributed by atoms with van der Waals surface area (Å²) in [4.78, 5) is 15.7. The highest BCUT2D eigenvalue weighted by Crippen LogP contribution is 2.40. The van der Waals surface area contributed by atoms with Crippen molar-refractivity contribution in [2.75, 3.05) is 0 Å². The summed E-state index contributed by atoms with van der Waals surface area (Å²) in [6.07, 6.45) is 0. The number of fused-ring (bicyclic) bond motifs is 9. The SMILES string of the molecule is Cc1ccc(-c2cccc(-c3nc(-c4ccc5c(c4)oc4cccc(-c6ccc(-c7ccccc7)cc6)c45)nc(-c4ccc5c6ccccc6c6ccccc6c5c4)n3)c2)cc1. The Morgan fingerprint density at radius 3 is 1.42 bits per heavy atom. The van der Waals surface area contributed by atoms with Crippen molar-refractivity contribution in [3.8, 4) is 67.5 Å². The van der Waals surface area contributed by atoms with Crippen molar-refractivity contribution in [3.05, 3.63) is 212 Å². The van der Waals surface area contributed by atoms with Crippen molar-refractivity contribution in [1.29, 1.82) is 0 Å².